The zero-order valence-electron chi connectivity index (χ0n) is 10.0. The molecule has 1 unspecified atom stereocenters. The van der Waals surface area contributed by atoms with Gasteiger partial charge in [-0.1, -0.05) is 23.7 Å². The molecule has 0 spiro atoms. The first-order valence-electron chi connectivity index (χ1n) is 5.62. The highest BCUT2D eigenvalue weighted by Crippen LogP contribution is 2.25. The number of hydrogen-bond donors (Lipinski definition) is 1. The monoisotopic (exact) mass is 249 g/mol. The lowest BCUT2D eigenvalue weighted by atomic mass is 10.0. The third-order valence-electron chi connectivity index (χ3n) is 2.89. The second-order valence-corrected chi connectivity index (χ2v) is 4.78. The Kier molecular flexibility index (Phi) is 3.55. The summed E-state index contributed by atoms with van der Waals surface area (Å²) in [6, 6.07) is 7.80. The van der Waals surface area contributed by atoms with Crippen LogP contribution in [0.15, 0.2) is 34.9 Å². The number of aryl methyl sites for hydroxylation is 2. The highest BCUT2D eigenvalue weighted by Gasteiger charge is 2.14. The van der Waals surface area contributed by atoms with Crippen molar-refractivity contribution < 1.29 is 4.42 Å². The van der Waals surface area contributed by atoms with E-state index in [1.165, 1.54) is 0 Å². The van der Waals surface area contributed by atoms with Crippen molar-refractivity contribution in [3.8, 4) is 0 Å². The van der Waals surface area contributed by atoms with Crippen molar-refractivity contribution >= 4 is 11.6 Å². The topological polar surface area (TPSA) is 39.2 Å². The van der Waals surface area contributed by atoms with E-state index in [1.54, 1.807) is 6.26 Å². The van der Waals surface area contributed by atoms with Crippen molar-refractivity contribution in [2.75, 3.05) is 0 Å². The van der Waals surface area contributed by atoms with Gasteiger partial charge in [0.25, 0.3) is 0 Å². The first kappa shape index (κ1) is 12.2. The van der Waals surface area contributed by atoms with E-state index in [4.69, 9.17) is 21.8 Å². The van der Waals surface area contributed by atoms with Crippen LogP contribution in [0, 0.1) is 13.8 Å². The molecule has 1 aromatic carbocycles. The molecule has 0 saturated carbocycles. The summed E-state index contributed by atoms with van der Waals surface area (Å²) >= 11 is 6.19. The molecule has 17 heavy (non-hydrogen) atoms. The van der Waals surface area contributed by atoms with E-state index in [2.05, 4.69) is 0 Å². The van der Waals surface area contributed by atoms with Crippen molar-refractivity contribution in [3.05, 3.63) is 58.0 Å². The van der Waals surface area contributed by atoms with Gasteiger partial charge in [0.1, 0.15) is 5.76 Å². The zero-order valence-corrected chi connectivity index (χ0v) is 10.8. The van der Waals surface area contributed by atoms with Crippen LogP contribution in [-0.2, 0) is 6.42 Å². The number of nitrogens with two attached hydrogens (primary N) is 1. The van der Waals surface area contributed by atoms with E-state index in [-0.39, 0.29) is 6.04 Å². The number of halogens is 1. The van der Waals surface area contributed by atoms with Crippen LogP contribution in [0.2, 0.25) is 5.02 Å². The number of furan rings is 1. The van der Waals surface area contributed by atoms with Gasteiger partial charge in [-0.2, -0.15) is 0 Å². The SMILES string of the molecule is Cc1ccc(CC(N)c2occc2C)c(Cl)c1. The van der Waals surface area contributed by atoms with Crippen LogP contribution >= 0.6 is 11.6 Å². The molecule has 0 aliphatic rings. The molecule has 2 nitrogen and oxygen atoms in total. The summed E-state index contributed by atoms with van der Waals surface area (Å²) in [5, 5.41) is 0.768. The second kappa shape index (κ2) is 4.94. The summed E-state index contributed by atoms with van der Waals surface area (Å²) in [5.74, 6) is 0.835. The average molecular weight is 250 g/mol. The van der Waals surface area contributed by atoms with Crippen molar-refractivity contribution in [3.63, 3.8) is 0 Å². The minimum absolute atomic E-state index is 0.148. The lowest BCUT2D eigenvalue weighted by molar-refractivity contribution is 0.461. The van der Waals surface area contributed by atoms with Crippen molar-refractivity contribution in [1.82, 2.24) is 0 Å². The number of hydrogen-bond acceptors (Lipinski definition) is 2. The molecule has 0 aliphatic carbocycles. The first-order chi connectivity index (χ1) is 8.08. The van der Waals surface area contributed by atoms with E-state index in [9.17, 15) is 0 Å². The third kappa shape index (κ3) is 2.71. The molecule has 0 saturated heterocycles. The summed E-state index contributed by atoms with van der Waals surface area (Å²) in [6.07, 6.45) is 2.36. The Bertz CT molecular complexity index is 519. The molecule has 0 fully saturated rings. The smallest absolute Gasteiger partial charge is 0.123 e. The Morgan fingerprint density at radius 2 is 2.06 bits per heavy atom. The molecule has 90 valence electrons. The number of benzene rings is 1. The fraction of sp³-hybridized carbons (Fsp3) is 0.286. The minimum Gasteiger partial charge on any atom is -0.467 e. The normalized spacial score (nSPS) is 12.7. The van der Waals surface area contributed by atoms with Crippen LogP contribution < -0.4 is 5.73 Å². The van der Waals surface area contributed by atoms with Gasteiger partial charge in [0.2, 0.25) is 0 Å². The summed E-state index contributed by atoms with van der Waals surface area (Å²) in [5.41, 5.74) is 9.42. The van der Waals surface area contributed by atoms with Crippen molar-refractivity contribution in [1.29, 1.82) is 0 Å². The maximum Gasteiger partial charge on any atom is 0.123 e. The molecule has 0 amide bonds. The molecular weight excluding hydrogens is 234 g/mol. The summed E-state index contributed by atoms with van der Waals surface area (Å²) in [4.78, 5) is 0. The van der Waals surface area contributed by atoms with Gasteiger partial charge in [-0.25, -0.2) is 0 Å². The van der Waals surface area contributed by atoms with Crippen LogP contribution in [0.3, 0.4) is 0 Å². The van der Waals surface area contributed by atoms with Gasteiger partial charge >= 0.3 is 0 Å². The molecule has 2 rings (SSSR count). The van der Waals surface area contributed by atoms with Crippen LogP contribution in [0.25, 0.3) is 0 Å². The summed E-state index contributed by atoms with van der Waals surface area (Å²) < 4.78 is 5.39. The Balaban J connectivity index is 2.19. The van der Waals surface area contributed by atoms with Gasteiger partial charge in [0, 0.05) is 5.02 Å². The van der Waals surface area contributed by atoms with Crippen LogP contribution in [0.5, 0.6) is 0 Å². The van der Waals surface area contributed by atoms with Crippen LogP contribution in [0.1, 0.15) is 28.5 Å². The van der Waals surface area contributed by atoms with E-state index in [0.717, 1.165) is 27.5 Å². The van der Waals surface area contributed by atoms with Gasteiger partial charge in [0.15, 0.2) is 0 Å². The van der Waals surface area contributed by atoms with Gasteiger partial charge in [0.05, 0.1) is 12.3 Å². The molecule has 2 N–H and O–H groups in total. The van der Waals surface area contributed by atoms with Crippen LogP contribution in [-0.4, -0.2) is 0 Å². The Hall–Kier alpha value is -1.25. The molecule has 0 aliphatic heterocycles. The third-order valence-corrected chi connectivity index (χ3v) is 3.24. The molecule has 0 radical (unpaired) electrons. The van der Waals surface area contributed by atoms with Crippen molar-refractivity contribution in [2.24, 2.45) is 5.73 Å². The first-order valence-corrected chi connectivity index (χ1v) is 6.00. The van der Waals surface area contributed by atoms with Gasteiger partial charge < -0.3 is 10.2 Å². The van der Waals surface area contributed by atoms with E-state index in [1.807, 2.05) is 38.1 Å². The average Bonchev–Trinajstić information content (AvgIpc) is 2.68. The fourth-order valence-electron chi connectivity index (χ4n) is 1.91. The molecule has 1 atom stereocenters. The molecule has 2 aromatic rings. The zero-order chi connectivity index (χ0) is 12.4. The van der Waals surface area contributed by atoms with Gasteiger partial charge in [-0.15, -0.1) is 0 Å². The largest absolute Gasteiger partial charge is 0.467 e. The minimum atomic E-state index is -0.148. The van der Waals surface area contributed by atoms with Crippen molar-refractivity contribution in [2.45, 2.75) is 26.3 Å². The van der Waals surface area contributed by atoms with E-state index in [0.29, 0.717) is 6.42 Å². The predicted octanol–water partition coefficient (Wildman–Crippen LogP) is 3.79. The van der Waals surface area contributed by atoms with Gasteiger partial charge in [-0.3, -0.25) is 0 Å². The molecule has 3 heteroatoms. The predicted molar refractivity (Wildman–Crippen MR) is 70.3 cm³/mol. The molecule has 1 heterocycles. The maximum atomic E-state index is 6.19. The highest BCUT2D eigenvalue weighted by molar-refractivity contribution is 6.31. The lowest BCUT2D eigenvalue weighted by Crippen LogP contribution is -2.13. The quantitative estimate of drug-likeness (QED) is 0.899. The summed E-state index contributed by atoms with van der Waals surface area (Å²) in [7, 11) is 0. The van der Waals surface area contributed by atoms with Crippen LogP contribution in [0.4, 0.5) is 0 Å². The van der Waals surface area contributed by atoms with Gasteiger partial charge in [-0.05, 0) is 49.1 Å². The lowest BCUT2D eigenvalue weighted by Gasteiger charge is -2.12. The molecule has 0 bridgehead atoms. The second-order valence-electron chi connectivity index (χ2n) is 4.37. The fourth-order valence-corrected chi connectivity index (χ4v) is 2.22. The number of rotatable bonds is 3. The highest BCUT2D eigenvalue weighted by atomic mass is 35.5. The Labute approximate surface area is 106 Å². The molecule has 1 aromatic heterocycles. The molecular formula is C14H16ClNO. The Morgan fingerprint density at radius 1 is 1.29 bits per heavy atom. The van der Waals surface area contributed by atoms with E-state index >= 15 is 0 Å². The summed E-state index contributed by atoms with van der Waals surface area (Å²) in [6.45, 7) is 4.02. The standard InChI is InChI=1S/C14H16ClNO/c1-9-3-4-11(12(15)7-9)8-13(16)14-10(2)5-6-17-14/h3-7,13H,8,16H2,1-2H3. The van der Waals surface area contributed by atoms with E-state index < -0.39 is 0 Å². The Morgan fingerprint density at radius 3 is 2.65 bits per heavy atom. The maximum absolute atomic E-state index is 6.19.